The van der Waals surface area contributed by atoms with E-state index >= 15 is 0 Å². The molecule has 0 fully saturated rings. The van der Waals surface area contributed by atoms with E-state index in [4.69, 9.17) is 11.5 Å². The van der Waals surface area contributed by atoms with Crippen LogP contribution in [0.15, 0.2) is 11.4 Å². The third-order valence-electron chi connectivity index (χ3n) is 2.92. The molecule has 4 nitrogen and oxygen atoms in total. The number of nitrogens with two attached hydrogens (primary N) is 2. The lowest BCUT2D eigenvalue weighted by Crippen LogP contribution is -2.23. The first-order chi connectivity index (χ1) is 8.56. The molecule has 0 aliphatic carbocycles. The van der Waals surface area contributed by atoms with Gasteiger partial charge in [0.05, 0.1) is 5.92 Å². The van der Waals surface area contributed by atoms with Gasteiger partial charge in [0.2, 0.25) is 11.8 Å². The summed E-state index contributed by atoms with van der Waals surface area (Å²) < 4.78 is 0. The summed E-state index contributed by atoms with van der Waals surface area (Å²) >= 11 is 1.54. The SMILES string of the molecule is CCCCc1ccsc1C(CCC(N)=O)C(N)=O. The summed E-state index contributed by atoms with van der Waals surface area (Å²) in [5.74, 6) is -1.16. The van der Waals surface area contributed by atoms with Crippen molar-refractivity contribution in [3.8, 4) is 0 Å². The number of thiophene rings is 1. The van der Waals surface area contributed by atoms with E-state index in [-0.39, 0.29) is 18.2 Å². The van der Waals surface area contributed by atoms with Crippen molar-refractivity contribution < 1.29 is 9.59 Å². The number of amides is 2. The molecule has 0 saturated carbocycles. The highest BCUT2D eigenvalue weighted by Gasteiger charge is 2.22. The molecule has 0 spiro atoms. The highest BCUT2D eigenvalue weighted by molar-refractivity contribution is 7.10. The average Bonchev–Trinajstić information content (AvgIpc) is 2.74. The van der Waals surface area contributed by atoms with E-state index in [0.717, 1.165) is 24.1 Å². The van der Waals surface area contributed by atoms with E-state index < -0.39 is 5.91 Å². The molecule has 4 N–H and O–H groups in total. The average molecular weight is 268 g/mol. The molecule has 0 radical (unpaired) electrons. The van der Waals surface area contributed by atoms with Gasteiger partial charge in [0.25, 0.3) is 0 Å². The Bertz CT molecular complexity index is 415. The van der Waals surface area contributed by atoms with Gasteiger partial charge in [0.15, 0.2) is 0 Å². The summed E-state index contributed by atoms with van der Waals surface area (Å²) in [5, 5.41) is 1.97. The molecule has 0 aromatic carbocycles. The van der Waals surface area contributed by atoms with Crippen molar-refractivity contribution in [3.05, 3.63) is 21.9 Å². The summed E-state index contributed by atoms with van der Waals surface area (Å²) in [6.45, 7) is 2.13. The number of primary amides is 2. The fourth-order valence-electron chi connectivity index (χ4n) is 1.92. The van der Waals surface area contributed by atoms with Gasteiger partial charge in [-0.2, -0.15) is 0 Å². The number of carbonyl (C=O) groups is 2. The minimum atomic E-state index is -0.395. The number of hydrogen-bond donors (Lipinski definition) is 2. The lowest BCUT2D eigenvalue weighted by atomic mass is 9.95. The smallest absolute Gasteiger partial charge is 0.225 e. The van der Waals surface area contributed by atoms with Crippen LogP contribution in [0.25, 0.3) is 0 Å². The number of unbranched alkanes of at least 4 members (excludes halogenated alkanes) is 1. The minimum absolute atomic E-state index is 0.193. The third kappa shape index (κ3) is 4.14. The molecular formula is C13H20N2O2S. The van der Waals surface area contributed by atoms with Gasteiger partial charge in [-0.05, 0) is 36.3 Å². The predicted octanol–water partition coefficient (Wildman–Crippen LogP) is 1.93. The summed E-state index contributed by atoms with van der Waals surface area (Å²) in [5.41, 5.74) is 11.7. The van der Waals surface area contributed by atoms with Crippen LogP contribution in [-0.2, 0) is 16.0 Å². The standard InChI is InChI=1S/C13H20N2O2S/c1-2-3-4-9-7-8-18-12(9)10(13(15)17)5-6-11(14)16/h7-8,10H,2-6H2,1H3,(H2,14,16)(H2,15,17). The van der Waals surface area contributed by atoms with Crippen LogP contribution in [0.3, 0.4) is 0 Å². The van der Waals surface area contributed by atoms with E-state index in [1.807, 2.05) is 11.4 Å². The maximum atomic E-state index is 11.5. The molecule has 100 valence electrons. The second kappa shape index (κ2) is 7.16. The van der Waals surface area contributed by atoms with Crippen LogP contribution >= 0.6 is 11.3 Å². The number of rotatable bonds is 8. The van der Waals surface area contributed by atoms with Crippen LogP contribution in [0.5, 0.6) is 0 Å². The monoisotopic (exact) mass is 268 g/mol. The zero-order valence-electron chi connectivity index (χ0n) is 10.6. The zero-order valence-corrected chi connectivity index (χ0v) is 11.5. The number of carbonyl (C=O) groups excluding carboxylic acids is 2. The van der Waals surface area contributed by atoms with Crippen LogP contribution in [0, 0.1) is 0 Å². The summed E-state index contributed by atoms with van der Waals surface area (Å²) in [6, 6.07) is 2.04. The van der Waals surface area contributed by atoms with Crippen LogP contribution in [0.1, 0.15) is 49.0 Å². The largest absolute Gasteiger partial charge is 0.370 e. The van der Waals surface area contributed by atoms with E-state index in [0.29, 0.717) is 6.42 Å². The van der Waals surface area contributed by atoms with Crippen LogP contribution in [-0.4, -0.2) is 11.8 Å². The third-order valence-corrected chi connectivity index (χ3v) is 3.99. The molecule has 1 aromatic rings. The lowest BCUT2D eigenvalue weighted by Gasteiger charge is -2.13. The topological polar surface area (TPSA) is 86.2 Å². The fraction of sp³-hybridized carbons (Fsp3) is 0.538. The van der Waals surface area contributed by atoms with Crippen molar-refractivity contribution in [2.75, 3.05) is 0 Å². The van der Waals surface area contributed by atoms with Gasteiger partial charge in [-0.1, -0.05) is 13.3 Å². The van der Waals surface area contributed by atoms with Crippen molar-refractivity contribution >= 4 is 23.2 Å². The van der Waals surface area contributed by atoms with E-state index in [2.05, 4.69) is 6.92 Å². The Kier molecular flexibility index (Phi) is 5.85. The van der Waals surface area contributed by atoms with Crippen molar-refractivity contribution in [1.82, 2.24) is 0 Å². The van der Waals surface area contributed by atoms with Gasteiger partial charge >= 0.3 is 0 Å². The predicted molar refractivity (Wildman–Crippen MR) is 73.3 cm³/mol. The van der Waals surface area contributed by atoms with Crippen molar-refractivity contribution in [2.24, 2.45) is 11.5 Å². The van der Waals surface area contributed by atoms with Gasteiger partial charge in [-0.15, -0.1) is 11.3 Å². The Labute approximate surface area is 111 Å². The second-order valence-electron chi connectivity index (χ2n) is 4.37. The lowest BCUT2D eigenvalue weighted by molar-refractivity contribution is -0.120. The van der Waals surface area contributed by atoms with Crippen molar-refractivity contribution in [3.63, 3.8) is 0 Å². The molecule has 0 bridgehead atoms. The molecule has 1 rings (SSSR count). The molecule has 0 saturated heterocycles. The van der Waals surface area contributed by atoms with Gasteiger partial charge in [0.1, 0.15) is 0 Å². The summed E-state index contributed by atoms with van der Waals surface area (Å²) in [7, 11) is 0. The van der Waals surface area contributed by atoms with Crippen LogP contribution in [0.4, 0.5) is 0 Å². The molecule has 1 heterocycles. The van der Waals surface area contributed by atoms with Gasteiger partial charge < -0.3 is 11.5 Å². The Morgan fingerprint density at radius 2 is 2.11 bits per heavy atom. The highest BCUT2D eigenvalue weighted by atomic mass is 32.1. The second-order valence-corrected chi connectivity index (χ2v) is 5.32. The van der Waals surface area contributed by atoms with Crippen molar-refractivity contribution in [1.29, 1.82) is 0 Å². The van der Waals surface area contributed by atoms with E-state index in [1.165, 1.54) is 16.9 Å². The molecule has 1 atom stereocenters. The molecule has 2 amide bonds. The van der Waals surface area contributed by atoms with E-state index in [9.17, 15) is 9.59 Å². The Hall–Kier alpha value is -1.36. The van der Waals surface area contributed by atoms with Crippen molar-refractivity contribution in [2.45, 2.75) is 44.9 Å². The maximum absolute atomic E-state index is 11.5. The quantitative estimate of drug-likeness (QED) is 0.754. The molecule has 1 aromatic heterocycles. The highest BCUT2D eigenvalue weighted by Crippen LogP contribution is 2.30. The molecule has 5 heteroatoms. The minimum Gasteiger partial charge on any atom is -0.370 e. The normalized spacial score (nSPS) is 12.3. The van der Waals surface area contributed by atoms with E-state index in [1.54, 1.807) is 0 Å². The van der Waals surface area contributed by atoms with Gasteiger partial charge in [-0.3, -0.25) is 9.59 Å². The van der Waals surface area contributed by atoms with Gasteiger partial charge in [-0.25, -0.2) is 0 Å². The fourth-order valence-corrected chi connectivity index (χ4v) is 3.01. The number of hydrogen-bond acceptors (Lipinski definition) is 3. The zero-order chi connectivity index (χ0) is 13.5. The van der Waals surface area contributed by atoms with Crippen LogP contribution in [0.2, 0.25) is 0 Å². The number of aryl methyl sites for hydroxylation is 1. The van der Waals surface area contributed by atoms with Gasteiger partial charge in [0, 0.05) is 11.3 Å². The molecular weight excluding hydrogens is 248 g/mol. The molecule has 0 aliphatic rings. The Balaban J connectivity index is 2.81. The summed E-state index contributed by atoms with van der Waals surface area (Å²) in [4.78, 5) is 23.3. The Morgan fingerprint density at radius 1 is 1.39 bits per heavy atom. The first-order valence-corrected chi connectivity index (χ1v) is 7.08. The maximum Gasteiger partial charge on any atom is 0.225 e. The molecule has 1 unspecified atom stereocenters. The first kappa shape index (κ1) is 14.7. The summed E-state index contributed by atoms with van der Waals surface area (Å²) in [6.07, 6.45) is 3.75. The van der Waals surface area contributed by atoms with Crippen LogP contribution < -0.4 is 11.5 Å². The first-order valence-electron chi connectivity index (χ1n) is 6.20. The molecule has 18 heavy (non-hydrogen) atoms. The molecule has 0 aliphatic heterocycles. The Morgan fingerprint density at radius 3 is 2.67 bits per heavy atom.